The Bertz CT molecular complexity index is 676. The van der Waals surface area contributed by atoms with Crippen LogP contribution >= 0.6 is 17.0 Å². The predicted molar refractivity (Wildman–Crippen MR) is 76.0 cm³/mol. The first-order chi connectivity index (χ1) is 8.25. The number of H-pyrrole nitrogens is 1. The average molecular weight is 306 g/mol. The highest BCUT2D eigenvalue weighted by Crippen LogP contribution is 2.28. The van der Waals surface area contributed by atoms with Crippen molar-refractivity contribution in [2.75, 3.05) is 0 Å². The molecule has 0 atom stereocenters. The molecule has 0 amide bonds. The summed E-state index contributed by atoms with van der Waals surface area (Å²) in [5, 5.41) is 9.28. The molecular formula is C13H12BrN3O. The van der Waals surface area contributed by atoms with E-state index in [0.29, 0.717) is 0 Å². The summed E-state index contributed by atoms with van der Waals surface area (Å²) in [5.41, 5.74) is 4.74. The van der Waals surface area contributed by atoms with Crippen LogP contribution in [0.2, 0.25) is 0 Å². The van der Waals surface area contributed by atoms with E-state index in [1.165, 1.54) is 0 Å². The maximum Gasteiger partial charge on any atom is 0.156 e. The van der Waals surface area contributed by atoms with Gasteiger partial charge in [-0.15, -0.1) is 17.0 Å². The van der Waals surface area contributed by atoms with Gasteiger partial charge >= 0.3 is 0 Å². The number of halogens is 1. The zero-order chi connectivity index (χ0) is 11.8. The molecule has 0 spiro atoms. The molecule has 18 heavy (non-hydrogen) atoms. The molecule has 0 radical (unpaired) electrons. The Labute approximate surface area is 114 Å². The number of aromatic hydroxyl groups is 1. The minimum Gasteiger partial charge on any atom is -0.508 e. The fourth-order valence-corrected chi connectivity index (χ4v) is 1.95. The highest BCUT2D eigenvalue weighted by atomic mass is 79.9. The normalized spacial score (nSPS) is 10.3. The maximum atomic E-state index is 9.28. The third kappa shape index (κ3) is 1.97. The van der Waals surface area contributed by atoms with Crippen molar-refractivity contribution in [2.45, 2.75) is 6.92 Å². The summed E-state index contributed by atoms with van der Waals surface area (Å²) < 4.78 is 0. The number of aromatic amines is 1. The standard InChI is InChI=1S/C13H11N3O.BrH/c1-8-11(9-2-4-10(17)5-3-9)16-13-12(8)14-6-7-15-13;/h2-7,17H,1H3,(H,15,16);1H. The zero-order valence-corrected chi connectivity index (χ0v) is 11.4. The molecule has 2 aromatic heterocycles. The second-order valence-electron chi connectivity index (χ2n) is 3.93. The summed E-state index contributed by atoms with van der Waals surface area (Å²) in [6, 6.07) is 7.07. The lowest BCUT2D eigenvalue weighted by Gasteiger charge is -2.00. The molecule has 4 nitrogen and oxygen atoms in total. The molecule has 3 rings (SSSR count). The predicted octanol–water partition coefficient (Wildman–Crippen LogP) is 3.22. The van der Waals surface area contributed by atoms with Gasteiger partial charge in [-0.1, -0.05) is 0 Å². The summed E-state index contributed by atoms with van der Waals surface area (Å²) >= 11 is 0. The van der Waals surface area contributed by atoms with Crippen LogP contribution in [0.4, 0.5) is 0 Å². The molecule has 0 saturated carbocycles. The van der Waals surface area contributed by atoms with Crippen molar-refractivity contribution in [3.05, 3.63) is 42.2 Å². The first-order valence-electron chi connectivity index (χ1n) is 5.34. The smallest absolute Gasteiger partial charge is 0.156 e. The molecule has 1 aromatic carbocycles. The Balaban J connectivity index is 0.00000120. The van der Waals surface area contributed by atoms with E-state index in [9.17, 15) is 5.11 Å². The number of nitrogens with one attached hydrogen (secondary N) is 1. The Morgan fingerprint density at radius 2 is 1.72 bits per heavy atom. The van der Waals surface area contributed by atoms with Crippen LogP contribution in [0.25, 0.3) is 22.4 Å². The van der Waals surface area contributed by atoms with Crippen LogP contribution in [0.3, 0.4) is 0 Å². The highest BCUT2D eigenvalue weighted by Gasteiger charge is 2.10. The van der Waals surface area contributed by atoms with Crippen molar-refractivity contribution >= 4 is 28.1 Å². The van der Waals surface area contributed by atoms with Crippen LogP contribution in [0.1, 0.15) is 5.56 Å². The molecular weight excluding hydrogens is 294 g/mol. The van der Waals surface area contributed by atoms with Crippen molar-refractivity contribution in [1.82, 2.24) is 15.0 Å². The Hall–Kier alpha value is -1.88. The molecule has 0 aliphatic carbocycles. The molecule has 2 heterocycles. The fourth-order valence-electron chi connectivity index (χ4n) is 1.95. The third-order valence-electron chi connectivity index (χ3n) is 2.83. The summed E-state index contributed by atoms with van der Waals surface area (Å²) in [5.74, 6) is 0.263. The van der Waals surface area contributed by atoms with Crippen LogP contribution in [-0.2, 0) is 0 Å². The zero-order valence-electron chi connectivity index (χ0n) is 9.71. The molecule has 0 saturated heterocycles. The Morgan fingerprint density at radius 1 is 1.06 bits per heavy atom. The number of hydrogen-bond acceptors (Lipinski definition) is 3. The van der Waals surface area contributed by atoms with Gasteiger partial charge in [-0.25, -0.2) is 4.98 Å². The number of rotatable bonds is 1. The fraction of sp³-hybridized carbons (Fsp3) is 0.0769. The molecule has 3 aromatic rings. The van der Waals surface area contributed by atoms with Gasteiger partial charge in [-0.05, 0) is 36.8 Å². The van der Waals surface area contributed by atoms with Gasteiger partial charge in [-0.2, -0.15) is 0 Å². The number of benzene rings is 1. The first kappa shape index (κ1) is 12.6. The molecule has 5 heteroatoms. The molecule has 0 bridgehead atoms. The van der Waals surface area contributed by atoms with Gasteiger partial charge in [-0.3, -0.25) is 4.98 Å². The van der Waals surface area contributed by atoms with Crippen molar-refractivity contribution in [3.63, 3.8) is 0 Å². The topological polar surface area (TPSA) is 61.8 Å². The van der Waals surface area contributed by atoms with E-state index >= 15 is 0 Å². The summed E-state index contributed by atoms with van der Waals surface area (Å²) in [7, 11) is 0. The number of hydrogen-bond donors (Lipinski definition) is 2. The van der Waals surface area contributed by atoms with Crippen molar-refractivity contribution in [1.29, 1.82) is 0 Å². The number of fused-ring (bicyclic) bond motifs is 1. The SMILES string of the molecule is Br.Cc1c(-c2ccc(O)cc2)[nH]c2nccnc12. The number of nitrogens with zero attached hydrogens (tertiary/aromatic N) is 2. The van der Waals surface area contributed by atoms with E-state index in [0.717, 1.165) is 28.0 Å². The second-order valence-corrected chi connectivity index (χ2v) is 3.93. The number of aromatic nitrogens is 3. The monoisotopic (exact) mass is 305 g/mol. The van der Waals surface area contributed by atoms with E-state index in [-0.39, 0.29) is 22.7 Å². The first-order valence-corrected chi connectivity index (χ1v) is 5.34. The van der Waals surface area contributed by atoms with Crippen LogP contribution < -0.4 is 0 Å². The largest absolute Gasteiger partial charge is 0.508 e. The number of phenols is 1. The second kappa shape index (κ2) is 4.78. The molecule has 92 valence electrons. The average Bonchev–Trinajstić information content (AvgIpc) is 2.69. The van der Waals surface area contributed by atoms with Crippen molar-refractivity contribution in [3.8, 4) is 17.0 Å². The molecule has 0 unspecified atom stereocenters. The van der Waals surface area contributed by atoms with E-state index in [1.54, 1.807) is 24.5 Å². The third-order valence-corrected chi connectivity index (χ3v) is 2.83. The maximum absolute atomic E-state index is 9.28. The van der Waals surface area contributed by atoms with Gasteiger partial charge in [0.1, 0.15) is 11.3 Å². The van der Waals surface area contributed by atoms with Gasteiger partial charge in [0.25, 0.3) is 0 Å². The van der Waals surface area contributed by atoms with Crippen LogP contribution in [0.15, 0.2) is 36.7 Å². The van der Waals surface area contributed by atoms with Crippen LogP contribution in [0, 0.1) is 6.92 Å². The summed E-state index contributed by atoms with van der Waals surface area (Å²) in [6.07, 6.45) is 3.35. The van der Waals surface area contributed by atoms with E-state index < -0.39 is 0 Å². The van der Waals surface area contributed by atoms with E-state index in [4.69, 9.17) is 0 Å². The Kier molecular flexibility index (Phi) is 3.34. The lowest BCUT2D eigenvalue weighted by atomic mass is 10.1. The quantitative estimate of drug-likeness (QED) is 0.725. The van der Waals surface area contributed by atoms with Gasteiger partial charge in [0, 0.05) is 18.0 Å². The van der Waals surface area contributed by atoms with Gasteiger partial charge in [0.15, 0.2) is 5.65 Å². The van der Waals surface area contributed by atoms with Gasteiger partial charge in [0.05, 0.1) is 5.69 Å². The minimum atomic E-state index is 0. The van der Waals surface area contributed by atoms with Gasteiger partial charge < -0.3 is 10.1 Å². The van der Waals surface area contributed by atoms with E-state index in [1.807, 2.05) is 19.1 Å². The lowest BCUT2D eigenvalue weighted by molar-refractivity contribution is 0.475. The van der Waals surface area contributed by atoms with Gasteiger partial charge in [0.2, 0.25) is 0 Å². The molecule has 2 N–H and O–H groups in total. The molecule has 0 aliphatic rings. The minimum absolute atomic E-state index is 0. The molecule has 0 fully saturated rings. The van der Waals surface area contributed by atoms with Crippen molar-refractivity contribution in [2.24, 2.45) is 0 Å². The summed E-state index contributed by atoms with van der Waals surface area (Å²) in [6.45, 7) is 2.01. The lowest BCUT2D eigenvalue weighted by Crippen LogP contribution is -1.80. The van der Waals surface area contributed by atoms with Crippen LogP contribution in [0.5, 0.6) is 5.75 Å². The van der Waals surface area contributed by atoms with Crippen molar-refractivity contribution < 1.29 is 5.11 Å². The van der Waals surface area contributed by atoms with E-state index in [2.05, 4.69) is 15.0 Å². The highest BCUT2D eigenvalue weighted by molar-refractivity contribution is 8.93. The number of phenolic OH excluding ortho intramolecular Hbond substituents is 1. The Morgan fingerprint density at radius 3 is 2.39 bits per heavy atom. The van der Waals surface area contributed by atoms with Crippen LogP contribution in [-0.4, -0.2) is 20.1 Å². The number of aryl methyl sites for hydroxylation is 1. The molecule has 0 aliphatic heterocycles. The summed E-state index contributed by atoms with van der Waals surface area (Å²) in [4.78, 5) is 11.8.